The summed E-state index contributed by atoms with van der Waals surface area (Å²) in [7, 11) is 0. The molecule has 2 amide bonds. The third-order valence-electron chi connectivity index (χ3n) is 3.97. The number of nitrogens with zero attached hydrogens (tertiary/aromatic N) is 3. The van der Waals surface area contributed by atoms with Crippen molar-refractivity contribution >= 4 is 29.2 Å². The smallest absolute Gasteiger partial charge is 0.417 e. The maximum absolute atomic E-state index is 12.7. The molecule has 11 heteroatoms. The van der Waals surface area contributed by atoms with Crippen molar-refractivity contribution in [2.45, 2.75) is 26.4 Å². The number of primary amides is 1. The van der Waals surface area contributed by atoms with Gasteiger partial charge in [0.25, 0.3) is 0 Å². The van der Waals surface area contributed by atoms with Gasteiger partial charge in [0.05, 0.1) is 12.2 Å². The number of carbonyl (C=O) groups is 2. The van der Waals surface area contributed by atoms with E-state index < -0.39 is 17.6 Å². The van der Waals surface area contributed by atoms with Gasteiger partial charge >= 0.3 is 6.18 Å². The molecule has 0 saturated heterocycles. The summed E-state index contributed by atoms with van der Waals surface area (Å²) in [5, 5.41) is -0.268. The molecule has 0 radical (unpaired) electrons. The number of hydrogen-bond donors (Lipinski definition) is 1. The van der Waals surface area contributed by atoms with Crippen LogP contribution >= 0.6 is 11.6 Å². The zero-order chi connectivity index (χ0) is 22.5. The lowest BCUT2D eigenvalue weighted by Gasteiger charge is -2.24. The van der Waals surface area contributed by atoms with E-state index in [1.165, 1.54) is 23.2 Å². The van der Waals surface area contributed by atoms with Crippen LogP contribution in [0.1, 0.15) is 36.2 Å². The molecule has 2 N–H and O–H groups in total. The number of anilines is 1. The van der Waals surface area contributed by atoms with E-state index in [1.54, 1.807) is 13.8 Å². The Balaban J connectivity index is 2.06. The third kappa shape index (κ3) is 6.06. The van der Waals surface area contributed by atoms with Crippen LogP contribution in [0.4, 0.5) is 19.0 Å². The molecule has 0 bridgehead atoms. The topological polar surface area (TPSA) is 98.4 Å². The molecule has 0 atom stereocenters. The summed E-state index contributed by atoms with van der Waals surface area (Å²) >= 11 is 5.81. The lowest BCUT2D eigenvalue weighted by Crippen LogP contribution is -2.36. The molecule has 0 fully saturated rings. The average molecular weight is 445 g/mol. The number of halogens is 4. The van der Waals surface area contributed by atoms with Crippen LogP contribution in [0.3, 0.4) is 0 Å². The predicted octanol–water partition coefficient (Wildman–Crippen LogP) is 3.71. The third-order valence-corrected chi connectivity index (χ3v) is 4.24. The average Bonchev–Trinajstić information content (AvgIpc) is 2.67. The van der Waals surface area contributed by atoms with Crippen LogP contribution in [0, 0.1) is 5.92 Å². The Kier molecular flexibility index (Phi) is 7.60. The minimum atomic E-state index is -4.56. The number of hydrogen-bond acceptors (Lipinski definition) is 5. The van der Waals surface area contributed by atoms with Gasteiger partial charge in [-0.3, -0.25) is 14.5 Å². The lowest BCUT2D eigenvalue weighted by molar-refractivity contribution is -0.137. The molecule has 7 nitrogen and oxygen atoms in total. The van der Waals surface area contributed by atoms with E-state index in [0.29, 0.717) is 12.6 Å². The number of ether oxygens (including phenoxy) is 1. The summed E-state index contributed by atoms with van der Waals surface area (Å²) in [5.41, 5.74) is 4.51. The first-order chi connectivity index (χ1) is 14.0. The van der Waals surface area contributed by atoms with Crippen molar-refractivity contribution in [2.75, 3.05) is 18.1 Å². The number of alkyl halides is 3. The van der Waals surface area contributed by atoms with Gasteiger partial charge in [0.15, 0.2) is 0 Å². The fourth-order valence-corrected chi connectivity index (χ4v) is 2.67. The Labute approximate surface area is 176 Å². The molecule has 0 spiro atoms. The van der Waals surface area contributed by atoms with Crippen molar-refractivity contribution in [3.63, 3.8) is 0 Å². The Morgan fingerprint density at radius 1 is 1.27 bits per heavy atom. The van der Waals surface area contributed by atoms with Crippen LogP contribution in [0.25, 0.3) is 0 Å². The maximum atomic E-state index is 12.7. The zero-order valence-corrected chi connectivity index (χ0v) is 17.0. The summed E-state index contributed by atoms with van der Waals surface area (Å²) in [6.45, 7) is 3.66. The minimum absolute atomic E-state index is 0.0372. The SMILES string of the molecule is CC(C)C(=O)N(CCCOc1ncc(C(F)(F)F)cc1Cl)c1cc(C(N)=O)ccn1. The molecule has 2 heterocycles. The normalized spacial score (nSPS) is 11.4. The quantitative estimate of drug-likeness (QED) is 0.626. The second kappa shape index (κ2) is 9.75. The molecule has 2 aromatic rings. The van der Waals surface area contributed by atoms with E-state index in [1.807, 2.05) is 0 Å². The van der Waals surface area contributed by atoms with Crippen molar-refractivity contribution in [3.05, 3.63) is 46.7 Å². The number of amides is 2. The zero-order valence-electron chi connectivity index (χ0n) is 16.2. The fraction of sp³-hybridized carbons (Fsp3) is 0.368. The van der Waals surface area contributed by atoms with Gasteiger partial charge in [-0.1, -0.05) is 25.4 Å². The molecule has 2 rings (SSSR count). The predicted molar refractivity (Wildman–Crippen MR) is 104 cm³/mol. The van der Waals surface area contributed by atoms with Gasteiger partial charge in [-0.25, -0.2) is 9.97 Å². The Hall–Kier alpha value is -2.88. The highest BCUT2D eigenvalue weighted by atomic mass is 35.5. The molecule has 0 unspecified atom stereocenters. The van der Waals surface area contributed by atoms with E-state index in [-0.39, 0.29) is 47.3 Å². The Bertz CT molecular complexity index is 922. The molecule has 0 aromatic carbocycles. The first-order valence-electron chi connectivity index (χ1n) is 8.93. The Morgan fingerprint density at radius 3 is 2.53 bits per heavy atom. The molecule has 0 aliphatic carbocycles. The molecular formula is C19H20ClF3N4O3. The first kappa shape index (κ1) is 23.4. The number of nitrogens with two attached hydrogens (primary N) is 1. The fourth-order valence-electron chi connectivity index (χ4n) is 2.45. The van der Waals surface area contributed by atoms with Crippen LogP contribution < -0.4 is 15.4 Å². The van der Waals surface area contributed by atoms with Crippen LogP contribution in [0.5, 0.6) is 5.88 Å². The van der Waals surface area contributed by atoms with E-state index >= 15 is 0 Å². The minimum Gasteiger partial charge on any atom is -0.477 e. The number of rotatable bonds is 8. The van der Waals surface area contributed by atoms with Crippen LogP contribution in [0.15, 0.2) is 30.6 Å². The standard InChI is InChI=1S/C19H20ClF3N4O3/c1-11(2)18(29)27(15-8-12(16(24)28)4-5-25-15)6-3-7-30-17-14(20)9-13(10-26-17)19(21,22)23/h4-5,8-11H,3,6-7H2,1-2H3,(H2,24,28). The molecule has 30 heavy (non-hydrogen) atoms. The number of pyridine rings is 2. The summed E-state index contributed by atoms with van der Waals surface area (Å²) in [4.78, 5) is 33.1. The van der Waals surface area contributed by atoms with Crippen molar-refractivity contribution < 1.29 is 27.5 Å². The Morgan fingerprint density at radius 2 is 1.97 bits per heavy atom. The van der Waals surface area contributed by atoms with Gasteiger partial charge in [0, 0.05) is 30.4 Å². The highest BCUT2D eigenvalue weighted by Gasteiger charge is 2.31. The van der Waals surface area contributed by atoms with Crippen molar-refractivity contribution in [1.29, 1.82) is 0 Å². The highest BCUT2D eigenvalue weighted by Crippen LogP contribution is 2.33. The van der Waals surface area contributed by atoms with Crippen LogP contribution in [0.2, 0.25) is 5.02 Å². The van der Waals surface area contributed by atoms with Gasteiger partial charge in [0.1, 0.15) is 10.8 Å². The number of aromatic nitrogens is 2. The molecular weight excluding hydrogens is 425 g/mol. The van der Waals surface area contributed by atoms with Gasteiger partial charge in [-0.05, 0) is 24.6 Å². The second-order valence-corrected chi connectivity index (χ2v) is 7.03. The van der Waals surface area contributed by atoms with Crippen molar-refractivity contribution in [3.8, 4) is 5.88 Å². The lowest BCUT2D eigenvalue weighted by atomic mass is 10.1. The van der Waals surface area contributed by atoms with Gasteiger partial charge in [-0.2, -0.15) is 13.2 Å². The van der Waals surface area contributed by atoms with Crippen LogP contribution in [-0.4, -0.2) is 34.9 Å². The summed E-state index contributed by atoms with van der Waals surface area (Å²) in [5.74, 6) is -1.09. The summed E-state index contributed by atoms with van der Waals surface area (Å²) < 4.78 is 43.3. The largest absolute Gasteiger partial charge is 0.477 e. The molecule has 0 aliphatic rings. The van der Waals surface area contributed by atoms with Crippen molar-refractivity contribution in [2.24, 2.45) is 11.7 Å². The highest BCUT2D eigenvalue weighted by molar-refractivity contribution is 6.31. The van der Waals surface area contributed by atoms with E-state index in [2.05, 4.69) is 9.97 Å². The molecule has 0 saturated carbocycles. The molecule has 0 aliphatic heterocycles. The van der Waals surface area contributed by atoms with E-state index in [4.69, 9.17) is 22.1 Å². The molecule has 162 valence electrons. The second-order valence-electron chi connectivity index (χ2n) is 6.62. The van der Waals surface area contributed by atoms with Gasteiger partial charge in [0.2, 0.25) is 17.7 Å². The van der Waals surface area contributed by atoms with Gasteiger partial charge in [-0.15, -0.1) is 0 Å². The van der Waals surface area contributed by atoms with E-state index in [0.717, 1.165) is 6.07 Å². The van der Waals surface area contributed by atoms with E-state index in [9.17, 15) is 22.8 Å². The first-order valence-corrected chi connectivity index (χ1v) is 9.31. The monoisotopic (exact) mass is 444 g/mol. The summed E-state index contributed by atoms with van der Waals surface area (Å²) in [6.07, 6.45) is -2.24. The van der Waals surface area contributed by atoms with Gasteiger partial charge < -0.3 is 10.5 Å². The van der Waals surface area contributed by atoms with Crippen LogP contribution in [-0.2, 0) is 11.0 Å². The summed E-state index contributed by atoms with van der Waals surface area (Å²) in [6, 6.07) is 3.58. The maximum Gasteiger partial charge on any atom is 0.417 e. The number of carbonyl (C=O) groups excluding carboxylic acids is 2. The molecule has 2 aromatic heterocycles. The van der Waals surface area contributed by atoms with Crippen molar-refractivity contribution in [1.82, 2.24) is 9.97 Å².